The maximum absolute atomic E-state index is 12.6. The predicted octanol–water partition coefficient (Wildman–Crippen LogP) is 8.08. The summed E-state index contributed by atoms with van der Waals surface area (Å²) in [6.07, 6.45) is 13.0. The molecule has 0 spiro atoms. The molecule has 0 radical (unpaired) electrons. The predicted molar refractivity (Wildman–Crippen MR) is 134 cm³/mol. The first-order chi connectivity index (χ1) is 14.8. The van der Waals surface area contributed by atoms with Gasteiger partial charge in [-0.1, -0.05) is 54.0 Å². The molecule has 5 unspecified atom stereocenters. The van der Waals surface area contributed by atoms with Gasteiger partial charge in [-0.05, 0) is 92.3 Å². The number of carbonyl (C=O) groups excluding carboxylic acids is 1. The Morgan fingerprint density at radius 3 is 2.50 bits per heavy atom. The van der Waals surface area contributed by atoms with E-state index in [0.717, 1.165) is 64.2 Å². The molecule has 0 amide bonds. The van der Waals surface area contributed by atoms with Crippen LogP contribution in [0, 0.1) is 39.9 Å². The Kier molecular flexibility index (Phi) is 9.22. The first kappa shape index (κ1) is 27.1. The van der Waals surface area contributed by atoms with E-state index in [9.17, 15) is 14.7 Å². The zero-order valence-corrected chi connectivity index (χ0v) is 21.8. The molecule has 5 atom stereocenters. The van der Waals surface area contributed by atoms with Crippen LogP contribution in [-0.2, 0) is 9.59 Å². The topological polar surface area (TPSA) is 54.4 Å². The highest BCUT2D eigenvalue weighted by Crippen LogP contribution is 2.57. The average Bonchev–Trinajstić information content (AvgIpc) is 2.71. The molecular weight excluding hydrogens is 396 g/mol. The largest absolute Gasteiger partial charge is 0.481 e. The number of ketones is 1. The number of carbonyl (C=O) groups is 2. The van der Waals surface area contributed by atoms with E-state index in [1.807, 2.05) is 0 Å². The third kappa shape index (κ3) is 6.70. The van der Waals surface area contributed by atoms with Gasteiger partial charge >= 0.3 is 5.97 Å². The molecule has 0 saturated heterocycles. The highest BCUT2D eigenvalue weighted by atomic mass is 16.4. The van der Waals surface area contributed by atoms with Crippen LogP contribution >= 0.6 is 0 Å². The van der Waals surface area contributed by atoms with E-state index in [0.29, 0.717) is 42.3 Å². The van der Waals surface area contributed by atoms with Crippen molar-refractivity contribution in [2.45, 2.75) is 119 Å². The van der Waals surface area contributed by atoms with Crippen LogP contribution in [0.4, 0.5) is 0 Å². The number of hydrogen-bond donors (Lipinski definition) is 1. The monoisotopic (exact) mass is 446 g/mol. The van der Waals surface area contributed by atoms with Crippen molar-refractivity contribution in [3.05, 3.63) is 12.7 Å². The number of carboxylic acid groups (broad SMARTS) is 1. The first-order valence-electron chi connectivity index (χ1n) is 13.2. The molecule has 0 aromatic carbocycles. The van der Waals surface area contributed by atoms with Gasteiger partial charge in [0.05, 0.1) is 5.41 Å². The van der Waals surface area contributed by atoms with Gasteiger partial charge in [0.2, 0.25) is 0 Å². The SMILES string of the molecule is C=CC(C)(C)CCC1C(C)CCC(=O)CCC1C1(C)CCCC(CCC(C)C)(C(=O)O)C1. The zero-order chi connectivity index (χ0) is 24.2. The molecule has 2 aliphatic rings. The van der Waals surface area contributed by atoms with E-state index in [4.69, 9.17) is 0 Å². The lowest BCUT2D eigenvalue weighted by Gasteiger charge is -2.52. The van der Waals surface area contributed by atoms with Crippen LogP contribution in [0.3, 0.4) is 0 Å². The minimum Gasteiger partial charge on any atom is -0.481 e. The van der Waals surface area contributed by atoms with E-state index in [1.165, 1.54) is 0 Å². The number of rotatable bonds is 9. The van der Waals surface area contributed by atoms with Crippen LogP contribution in [-0.4, -0.2) is 16.9 Å². The van der Waals surface area contributed by atoms with Crippen molar-refractivity contribution < 1.29 is 14.7 Å². The Morgan fingerprint density at radius 1 is 1.25 bits per heavy atom. The van der Waals surface area contributed by atoms with E-state index in [-0.39, 0.29) is 10.8 Å². The van der Waals surface area contributed by atoms with Crippen molar-refractivity contribution in [2.75, 3.05) is 0 Å². The maximum Gasteiger partial charge on any atom is 0.309 e. The fourth-order valence-corrected chi connectivity index (χ4v) is 6.81. The maximum atomic E-state index is 12.6. The number of hydrogen-bond acceptors (Lipinski definition) is 2. The van der Waals surface area contributed by atoms with Crippen LogP contribution < -0.4 is 0 Å². The Labute approximate surface area is 197 Å². The van der Waals surface area contributed by atoms with E-state index >= 15 is 0 Å². The average molecular weight is 447 g/mol. The van der Waals surface area contributed by atoms with Crippen molar-refractivity contribution in [3.8, 4) is 0 Å². The summed E-state index contributed by atoms with van der Waals surface area (Å²) < 4.78 is 0. The summed E-state index contributed by atoms with van der Waals surface area (Å²) in [6.45, 7) is 17.7. The van der Waals surface area contributed by atoms with Gasteiger partial charge < -0.3 is 5.11 Å². The van der Waals surface area contributed by atoms with Crippen molar-refractivity contribution in [1.82, 2.24) is 0 Å². The third-order valence-electron chi connectivity index (χ3n) is 9.23. The molecule has 3 nitrogen and oxygen atoms in total. The summed E-state index contributed by atoms with van der Waals surface area (Å²) >= 11 is 0. The van der Waals surface area contributed by atoms with E-state index in [2.05, 4.69) is 54.2 Å². The van der Waals surface area contributed by atoms with Crippen LogP contribution in [0.25, 0.3) is 0 Å². The van der Waals surface area contributed by atoms with Gasteiger partial charge in [0.15, 0.2) is 0 Å². The third-order valence-corrected chi connectivity index (χ3v) is 9.23. The van der Waals surface area contributed by atoms with Crippen molar-refractivity contribution in [2.24, 2.45) is 39.9 Å². The molecule has 1 N–H and O–H groups in total. The Balaban J connectivity index is 2.37. The van der Waals surface area contributed by atoms with Crippen LogP contribution in [0.5, 0.6) is 0 Å². The van der Waals surface area contributed by atoms with Gasteiger partial charge in [-0.25, -0.2) is 0 Å². The molecule has 32 heavy (non-hydrogen) atoms. The minimum absolute atomic E-state index is 0.0114. The van der Waals surface area contributed by atoms with Gasteiger partial charge in [-0.2, -0.15) is 0 Å². The molecular formula is C29H50O3. The van der Waals surface area contributed by atoms with E-state index < -0.39 is 11.4 Å². The highest BCUT2D eigenvalue weighted by molar-refractivity contribution is 5.78. The van der Waals surface area contributed by atoms with Crippen molar-refractivity contribution in [3.63, 3.8) is 0 Å². The second kappa shape index (κ2) is 10.9. The standard InChI is InChI=1S/C29H50O3/c1-8-27(5,6)18-15-24-22(4)10-11-23(30)12-13-25(24)28(7)16-9-17-29(20-28,26(31)32)19-14-21(2)3/h8,21-22,24-25H,1,9-20H2,2-7H3,(H,31,32). The number of Topliss-reactive ketones (excluding diaryl/α,β-unsaturated/α-hetero) is 1. The smallest absolute Gasteiger partial charge is 0.309 e. The van der Waals surface area contributed by atoms with Gasteiger partial charge in [0, 0.05) is 12.8 Å². The summed E-state index contributed by atoms with van der Waals surface area (Å²) in [5.41, 5.74) is -0.502. The molecule has 2 fully saturated rings. The Morgan fingerprint density at radius 2 is 1.91 bits per heavy atom. The van der Waals surface area contributed by atoms with E-state index in [1.54, 1.807) is 0 Å². The number of carboxylic acids is 1. The number of allylic oxidation sites excluding steroid dienone is 1. The van der Waals surface area contributed by atoms with Gasteiger partial charge in [0.1, 0.15) is 5.78 Å². The summed E-state index contributed by atoms with van der Waals surface area (Å²) in [7, 11) is 0. The second-order valence-electron chi connectivity index (χ2n) is 12.8. The normalized spacial score (nSPS) is 34.7. The highest BCUT2D eigenvalue weighted by Gasteiger charge is 2.52. The first-order valence-corrected chi connectivity index (χ1v) is 13.2. The van der Waals surface area contributed by atoms with Crippen LogP contribution in [0.2, 0.25) is 0 Å². The minimum atomic E-state index is -0.599. The fraction of sp³-hybridized carbons (Fsp3) is 0.862. The fourth-order valence-electron chi connectivity index (χ4n) is 6.81. The van der Waals surface area contributed by atoms with Crippen LogP contribution in [0.15, 0.2) is 12.7 Å². The quantitative estimate of drug-likeness (QED) is 0.364. The molecule has 0 heterocycles. The zero-order valence-electron chi connectivity index (χ0n) is 21.8. The molecule has 2 aliphatic carbocycles. The summed E-state index contributed by atoms with van der Waals surface area (Å²) in [4.78, 5) is 25.1. The lowest BCUT2D eigenvalue weighted by atomic mass is 9.52. The lowest BCUT2D eigenvalue weighted by Crippen LogP contribution is -2.47. The van der Waals surface area contributed by atoms with Crippen LogP contribution in [0.1, 0.15) is 119 Å². The van der Waals surface area contributed by atoms with Gasteiger partial charge in [-0.3, -0.25) is 9.59 Å². The summed E-state index contributed by atoms with van der Waals surface area (Å²) in [5.74, 6) is 1.78. The molecule has 2 saturated carbocycles. The second-order valence-corrected chi connectivity index (χ2v) is 12.8. The molecule has 0 aromatic rings. The molecule has 0 aromatic heterocycles. The van der Waals surface area contributed by atoms with Crippen molar-refractivity contribution >= 4 is 11.8 Å². The Bertz CT molecular complexity index is 663. The Hall–Kier alpha value is -1.12. The molecule has 0 aliphatic heterocycles. The molecule has 2 rings (SSSR count). The molecule has 184 valence electrons. The van der Waals surface area contributed by atoms with Crippen molar-refractivity contribution in [1.29, 1.82) is 0 Å². The molecule has 3 heteroatoms. The number of aliphatic carboxylic acids is 1. The summed E-state index contributed by atoms with van der Waals surface area (Å²) in [5, 5.41) is 10.4. The summed E-state index contributed by atoms with van der Waals surface area (Å²) in [6, 6.07) is 0. The lowest BCUT2D eigenvalue weighted by molar-refractivity contribution is -0.157. The van der Waals surface area contributed by atoms with Gasteiger partial charge in [0.25, 0.3) is 0 Å². The molecule has 0 bridgehead atoms. The van der Waals surface area contributed by atoms with Gasteiger partial charge in [-0.15, -0.1) is 6.58 Å².